The van der Waals surface area contributed by atoms with E-state index in [1.807, 2.05) is 4.90 Å². The maximum atomic E-state index is 12.8. The van der Waals surface area contributed by atoms with Crippen LogP contribution in [0.4, 0.5) is 5.69 Å². The summed E-state index contributed by atoms with van der Waals surface area (Å²) in [5.41, 5.74) is 1.32. The van der Waals surface area contributed by atoms with Crippen LogP contribution in [0.2, 0.25) is 0 Å². The standard InChI is InChI=1S/C18H19N3O5/c22-9-11-2-1-7-20(11)10-3-4-12-13(8-10)18(26)21(17(12)25)14-5-6-15(23)19-16(14)24/h3-4,8,11,14,22H,1-2,5-7,9H2,(H,19,23,24). The number of piperidine rings is 1. The highest BCUT2D eigenvalue weighted by atomic mass is 16.3. The molecule has 26 heavy (non-hydrogen) atoms. The summed E-state index contributed by atoms with van der Waals surface area (Å²) in [4.78, 5) is 51.9. The fourth-order valence-electron chi connectivity index (χ4n) is 4.00. The SMILES string of the molecule is O=C1CCC(N2C(=O)c3ccc(N4CCCC4CO)cc3C2=O)C(=O)N1. The number of hydrogen-bond donors (Lipinski definition) is 2. The highest BCUT2D eigenvalue weighted by Gasteiger charge is 2.44. The van der Waals surface area contributed by atoms with Gasteiger partial charge in [0.25, 0.3) is 11.8 Å². The topological polar surface area (TPSA) is 107 Å². The number of fused-ring (bicyclic) bond motifs is 1. The number of amides is 4. The van der Waals surface area contributed by atoms with Crippen LogP contribution in [0.1, 0.15) is 46.4 Å². The molecule has 1 aromatic rings. The first kappa shape index (κ1) is 16.7. The molecular weight excluding hydrogens is 338 g/mol. The number of nitrogens with one attached hydrogen (secondary N) is 1. The van der Waals surface area contributed by atoms with E-state index in [0.717, 1.165) is 30.0 Å². The van der Waals surface area contributed by atoms with E-state index >= 15 is 0 Å². The Morgan fingerprint density at radius 2 is 1.85 bits per heavy atom. The van der Waals surface area contributed by atoms with E-state index in [1.165, 1.54) is 0 Å². The van der Waals surface area contributed by atoms with Gasteiger partial charge in [0.15, 0.2) is 0 Å². The summed E-state index contributed by atoms with van der Waals surface area (Å²) in [6.07, 6.45) is 2.07. The van der Waals surface area contributed by atoms with Crippen molar-refractivity contribution >= 4 is 29.3 Å². The monoisotopic (exact) mass is 357 g/mol. The minimum Gasteiger partial charge on any atom is -0.394 e. The zero-order valence-corrected chi connectivity index (χ0v) is 14.1. The van der Waals surface area contributed by atoms with Crippen molar-refractivity contribution in [1.29, 1.82) is 0 Å². The van der Waals surface area contributed by atoms with Crippen LogP contribution in [-0.4, -0.2) is 58.9 Å². The largest absolute Gasteiger partial charge is 0.394 e. The number of aliphatic hydroxyl groups is 1. The van der Waals surface area contributed by atoms with Gasteiger partial charge in [-0.1, -0.05) is 0 Å². The average molecular weight is 357 g/mol. The van der Waals surface area contributed by atoms with Gasteiger partial charge in [-0.2, -0.15) is 0 Å². The van der Waals surface area contributed by atoms with Crippen LogP contribution in [0.25, 0.3) is 0 Å². The molecule has 3 aliphatic heterocycles. The van der Waals surface area contributed by atoms with Crippen LogP contribution in [0, 0.1) is 0 Å². The normalized spacial score (nSPS) is 25.7. The minimum absolute atomic E-state index is 0.00601. The van der Waals surface area contributed by atoms with Crippen molar-refractivity contribution in [2.75, 3.05) is 18.1 Å². The van der Waals surface area contributed by atoms with Crippen molar-refractivity contribution in [3.63, 3.8) is 0 Å². The number of aliphatic hydroxyl groups excluding tert-OH is 1. The summed E-state index contributed by atoms with van der Waals surface area (Å²) in [7, 11) is 0. The maximum absolute atomic E-state index is 12.8. The van der Waals surface area contributed by atoms with Crippen LogP contribution in [0.5, 0.6) is 0 Å². The van der Waals surface area contributed by atoms with Crippen molar-refractivity contribution in [2.45, 2.75) is 37.8 Å². The van der Waals surface area contributed by atoms with Crippen molar-refractivity contribution in [1.82, 2.24) is 10.2 Å². The van der Waals surface area contributed by atoms with Crippen LogP contribution in [-0.2, 0) is 9.59 Å². The second-order valence-corrected chi connectivity index (χ2v) is 6.85. The van der Waals surface area contributed by atoms with Gasteiger partial charge in [0.05, 0.1) is 23.8 Å². The predicted molar refractivity (Wildman–Crippen MR) is 90.6 cm³/mol. The van der Waals surface area contributed by atoms with E-state index in [4.69, 9.17) is 0 Å². The van der Waals surface area contributed by atoms with Crippen LogP contribution in [0.15, 0.2) is 18.2 Å². The smallest absolute Gasteiger partial charge is 0.262 e. The maximum Gasteiger partial charge on any atom is 0.262 e. The first-order chi connectivity index (χ1) is 12.5. The zero-order valence-electron chi connectivity index (χ0n) is 14.1. The molecule has 2 N–H and O–H groups in total. The number of benzene rings is 1. The molecule has 4 amide bonds. The molecule has 0 spiro atoms. The molecule has 0 saturated carbocycles. The van der Waals surface area contributed by atoms with Gasteiger partial charge in [-0.25, -0.2) is 0 Å². The number of nitrogens with zero attached hydrogens (tertiary/aromatic N) is 2. The molecule has 0 bridgehead atoms. The first-order valence-corrected chi connectivity index (χ1v) is 8.74. The molecule has 2 saturated heterocycles. The van der Waals surface area contributed by atoms with Crippen molar-refractivity contribution in [3.8, 4) is 0 Å². The van der Waals surface area contributed by atoms with Gasteiger partial charge >= 0.3 is 0 Å². The molecule has 8 heteroatoms. The fourth-order valence-corrected chi connectivity index (χ4v) is 4.00. The Hall–Kier alpha value is -2.74. The van der Waals surface area contributed by atoms with E-state index in [-0.39, 0.29) is 36.6 Å². The lowest BCUT2D eigenvalue weighted by Crippen LogP contribution is -2.54. The summed E-state index contributed by atoms with van der Waals surface area (Å²) < 4.78 is 0. The van der Waals surface area contributed by atoms with E-state index in [1.54, 1.807) is 18.2 Å². The molecule has 1 aromatic carbocycles. The van der Waals surface area contributed by atoms with E-state index in [0.29, 0.717) is 0 Å². The van der Waals surface area contributed by atoms with Gasteiger partial charge in [0.2, 0.25) is 11.8 Å². The van der Waals surface area contributed by atoms with Gasteiger partial charge in [-0.05, 0) is 37.5 Å². The number of hydrogen-bond acceptors (Lipinski definition) is 6. The first-order valence-electron chi connectivity index (χ1n) is 8.74. The molecule has 136 valence electrons. The van der Waals surface area contributed by atoms with Crippen molar-refractivity contribution < 1.29 is 24.3 Å². The predicted octanol–water partition coefficient (Wildman–Crippen LogP) is 0.0489. The lowest BCUT2D eigenvalue weighted by molar-refractivity contribution is -0.136. The minimum atomic E-state index is -0.958. The molecular formula is C18H19N3O5. The second kappa shape index (κ2) is 6.21. The molecule has 3 heterocycles. The third-order valence-corrected chi connectivity index (χ3v) is 5.34. The van der Waals surface area contributed by atoms with Gasteiger partial charge in [0, 0.05) is 18.7 Å². The molecule has 4 rings (SSSR count). The molecule has 2 fully saturated rings. The average Bonchev–Trinajstić information content (AvgIpc) is 3.19. The van der Waals surface area contributed by atoms with Gasteiger partial charge in [-0.15, -0.1) is 0 Å². The van der Waals surface area contributed by atoms with E-state index in [2.05, 4.69) is 5.32 Å². The lowest BCUT2D eigenvalue weighted by atomic mass is 10.0. The molecule has 8 nitrogen and oxygen atoms in total. The van der Waals surface area contributed by atoms with Gasteiger partial charge in [-0.3, -0.25) is 29.4 Å². The van der Waals surface area contributed by atoms with Crippen LogP contribution < -0.4 is 10.2 Å². The van der Waals surface area contributed by atoms with Crippen molar-refractivity contribution in [2.24, 2.45) is 0 Å². The van der Waals surface area contributed by atoms with Crippen LogP contribution in [0.3, 0.4) is 0 Å². The van der Waals surface area contributed by atoms with Gasteiger partial charge in [0.1, 0.15) is 6.04 Å². The number of imide groups is 2. The Morgan fingerprint density at radius 3 is 2.58 bits per heavy atom. The molecule has 2 unspecified atom stereocenters. The van der Waals surface area contributed by atoms with Gasteiger partial charge < -0.3 is 10.0 Å². The number of rotatable bonds is 3. The third-order valence-electron chi connectivity index (χ3n) is 5.34. The fraction of sp³-hybridized carbons (Fsp3) is 0.444. The lowest BCUT2D eigenvalue weighted by Gasteiger charge is -2.27. The summed E-state index contributed by atoms with van der Waals surface area (Å²) in [5.74, 6) is -2.03. The summed E-state index contributed by atoms with van der Waals surface area (Å²) in [6, 6.07) is 4.08. The molecule has 0 aromatic heterocycles. The Labute approximate surface area is 149 Å². The third kappa shape index (κ3) is 2.48. The number of carbonyl (C=O) groups is 4. The van der Waals surface area contributed by atoms with E-state index < -0.39 is 29.7 Å². The Morgan fingerprint density at radius 1 is 1.08 bits per heavy atom. The molecule has 2 atom stereocenters. The van der Waals surface area contributed by atoms with Crippen LogP contribution >= 0.6 is 0 Å². The Bertz CT molecular complexity index is 821. The summed E-state index contributed by atoms with van der Waals surface area (Å²) in [6.45, 7) is 0.815. The molecule has 0 aliphatic carbocycles. The Kier molecular flexibility index (Phi) is 3.99. The highest BCUT2D eigenvalue weighted by molar-refractivity contribution is 6.23. The summed E-state index contributed by atoms with van der Waals surface area (Å²) >= 11 is 0. The Balaban J connectivity index is 1.64. The molecule has 3 aliphatic rings. The number of carbonyl (C=O) groups excluding carboxylic acids is 4. The highest BCUT2D eigenvalue weighted by Crippen LogP contribution is 2.33. The van der Waals surface area contributed by atoms with Crippen molar-refractivity contribution in [3.05, 3.63) is 29.3 Å². The summed E-state index contributed by atoms with van der Waals surface area (Å²) in [5, 5.41) is 11.7. The number of anilines is 1. The van der Waals surface area contributed by atoms with E-state index in [9.17, 15) is 24.3 Å². The molecule has 0 radical (unpaired) electrons. The quantitative estimate of drug-likeness (QED) is 0.740. The second-order valence-electron chi connectivity index (χ2n) is 6.85. The zero-order chi connectivity index (χ0) is 18.4.